The highest BCUT2D eigenvalue weighted by atomic mass is 32.1. The zero-order chi connectivity index (χ0) is 23.2. The topological polar surface area (TPSA) is 115 Å². The highest BCUT2D eigenvalue weighted by Crippen LogP contribution is 2.29. The maximum atomic E-state index is 12.5. The van der Waals surface area contributed by atoms with Crippen LogP contribution in [-0.4, -0.2) is 21.1 Å². The summed E-state index contributed by atoms with van der Waals surface area (Å²) in [5.74, 6) is 0.180. The predicted octanol–water partition coefficient (Wildman–Crippen LogP) is 5.56. The largest absolute Gasteiger partial charge is 0.504 e. The average molecular weight is 455 g/mol. The van der Waals surface area contributed by atoms with Crippen LogP contribution in [0.3, 0.4) is 0 Å². The highest BCUT2D eigenvalue weighted by Gasteiger charge is 2.13. The summed E-state index contributed by atoms with van der Waals surface area (Å²) in [4.78, 5) is 16.9. The standard InChI is InChI=1S/C25H17N3O4S/c26-14-18(12-16-6-11-22(29)23(30)13-16)24(31)28-25-27-21(15-33-25)17-7-9-20(10-8-17)32-19-4-2-1-3-5-19/h1-13,15,29-30H,(H,27,28,31)/b18-12+. The number of hydrogen-bond acceptors (Lipinski definition) is 7. The van der Waals surface area contributed by atoms with Crippen molar-refractivity contribution in [1.29, 1.82) is 5.26 Å². The summed E-state index contributed by atoms with van der Waals surface area (Å²) in [6.45, 7) is 0. The number of rotatable bonds is 6. The zero-order valence-corrected chi connectivity index (χ0v) is 17.9. The first-order valence-electron chi connectivity index (χ1n) is 9.76. The molecule has 0 aliphatic rings. The number of hydrogen-bond donors (Lipinski definition) is 3. The SMILES string of the molecule is N#C/C(=C\c1ccc(O)c(O)c1)C(=O)Nc1nc(-c2ccc(Oc3ccccc3)cc2)cs1. The van der Waals surface area contributed by atoms with Gasteiger partial charge < -0.3 is 14.9 Å². The van der Waals surface area contributed by atoms with Crippen molar-refractivity contribution < 1.29 is 19.7 Å². The molecular weight excluding hydrogens is 438 g/mol. The molecule has 0 fully saturated rings. The van der Waals surface area contributed by atoms with Gasteiger partial charge in [0.25, 0.3) is 5.91 Å². The van der Waals surface area contributed by atoms with Gasteiger partial charge in [0.05, 0.1) is 5.69 Å². The van der Waals surface area contributed by atoms with Crippen LogP contribution in [0.15, 0.2) is 83.7 Å². The molecule has 1 heterocycles. The smallest absolute Gasteiger partial charge is 0.268 e. The molecule has 8 heteroatoms. The first-order chi connectivity index (χ1) is 16.0. The molecule has 4 aromatic rings. The molecule has 3 N–H and O–H groups in total. The third-order valence-corrected chi connectivity index (χ3v) is 5.29. The molecule has 0 radical (unpaired) electrons. The van der Waals surface area contributed by atoms with E-state index in [0.29, 0.717) is 22.1 Å². The van der Waals surface area contributed by atoms with Crippen LogP contribution in [0.4, 0.5) is 5.13 Å². The van der Waals surface area contributed by atoms with Crippen LogP contribution in [0.1, 0.15) is 5.56 Å². The van der Waals surface area contributed by atoms with E-state index in [9.17, 15) is 20.3 Å². The summed E-state index contributed by atoms with van der Waals surface area (Å²) < 4.78 is 5.79. The molecule has 162 valence electrons. The van der Waals surface area contributed by atoms with Gasteiger partial charge in [-0.3, -0.25) is 10.1 Å². The molecule has 0 aliphatic heterocycles. The molecule has 0 aliphatic carbocycles. The second-order valence-corrected chi connectivity index (χ2v) is 7.71. The fourth-order valence-electron chi connectivity index (χ4n) is 2.89. The summed E-state index contributed by atoms with van der Waals surface area (Å²) >= 11 is 1.23. The van der Waals surface area contributed by atoms with Gasteiger partial charge in [-0.05, 0) is 60.2 Å². The van der Waals surface area contributed by atoms with E-state index in [2.05, 4.69) is 10.3 Å². The van der Waals surface area contributed by atoms with Gasteiger partial charge >= 0.3 is 0 Å². The van der Waals surface area contributed by atoms with E-state index in [0.717, 1.165) is 11.3 Å². The molecule has 4 rings (SSSR count). The molecule has 0 saturated heterocycles. The molecule has 1 amide bonds. The molecule has 0 spiro atoms. The van der Waals surface area contributed by atoms with Gasteiger partial charge in [0.2, 0.25) is 0 Å². The molecule has 1 aromatic heterocycles. The van der Waals surface area contributed by atoms with Crippen LogP contribution in [0.25, 0.3) is 17.3 Å². The number of nitrogens with zero attached hydrogens (tertiary/aromatic N) is 2. The fraction of sp³-hybridized carbons (Fsp3) is 0. The minimum Gasteiger partial charge on any atom is -0.504 e. The Morgan fingerprint density at radius 2 is 1.73 bits per heavy atom. The van der Waals surface area contributed by atoms with Crippen LogP contribution in [0.5, 0.6) is 23.0 Å². The highest BCUT2D eigenvalue weighted by molar-refractivity contribution is 7.14. The summed E-state index contributed by atoms with van der Waals surface area (Å²) in [5.41, 5.74) is 1.75. The first kappa shape index (κ1) is 21.6. The number of carbonyl (C=O) groups excluding carboxylic acids is 1. The number of aromatic hydroxyl groups is 2. The Balaban J connectivity index is 1.44. The van der Waals surface area contributed by atoms with Crippen molar-refractivity contribution >= 4 is 28.5 Å². The average Bonchev–Trinajstić information content (AvgIpc) is 3.29. The third-order valence-electron chi connectivity index (χ3n) is 4.53. The van der Waals surface area contributed by atoms with E-state index < -0.39 is 5.91 Å². The Bertz CT molecular complexity index is 1360. The Hall–Kier alpha value is -4.61. The van der Waals surface area contributed by atoms with Gasteiger partial charge in [0, 0.05) is 10.9 Å². The number of thiazole rings is 1. The summed E-state index contributed by atoms with van der Waals surface area (Å²) in [6.07, 6.45) is 1.31. The maximum Gasteiger partial charge on any atom is 0.268 e. The lowest BCUT2D eigenvalue weighted by atomic mass is 10.1. The van der Waals surface area contributed by atoms with Crippen molar-refractivity contribution in [3.8, 4) is 40.3 Å². The maximum absolute atomic E-state index is 12.5. The lowest BCUT2D eigenvalue weighted by molar-refractivity contribution is -0.112. The Morgan fingerprint density at radius 3 is 2.42 bits per heavy atom. The molecule has 0 saturated carbocycles. The number of anilines is 1. The van der Waals surface area contributed by atoms with E-state index >= 15 is 0 Å². The van der Waals surface area contributed by atoms with E-state index in [4.69, 9.17) is 4.74 Å². The Labute approximate surface area is 193 Å². The predicted molar refractivity (Wildman–Crippen MR) is 126 cm³/mol. The number of ether oxygens (including phenoxy) is 1. The number of phenolic OH excluding ortho intramolecular Hbond substituents is 2. The second-order valence-electron chi connectivity index (χ2n) is 6.85. The third kappa shape index (κ3) is 5.36. The van der Waals surface area contributed by atoms with Gasteiger partial charge in [0.15, 0.2) is 16.6 Å². The first-order valence-corrected chi connectivity index (χ1v) is 10.6. The van der Waals surface area contributed by atoms with Crippen LogP contribution >= 0.6 is 11.3 Å². The number of benzene rings is 3. The molecular formula is C25H17N3O4S. The van der Waals surface area contributed by atoms with Gasteiger partial charge in [-0.1, -0.05) is 24.3 Å². The van der Waals surface area contributed by atoms with Gasteiger partial charge in [0.1, 0.15) is 23.1 Å². The van der Waals surface area contributed by atoms with Crippen molar-refractivity contribution in [2.75, 3.05) is 5.32 Å². The fourth-order valence-corrected chi connectivity index (χ4v) is 3.61. The number of nitriles is 1. The van der Waals surface area contributed by atoms with Crippen molar-refractivity contribution in [2.24, 2.45) is 0 Å². The molecule has 0 unspecified atom stereocenters. The summed E-state index contributed by atoms with van der Waals surface area (Å²) in [7, 11) is 0. The minimum absolute atomic E-state index is 0.167. The van der Waals surface area contributed by atoms with Crippen molar-refractivity contribution in [1.82, 2.24) is 4.98 Å². The molecule has 7 nitrogen and oxygen atoms in total. The quantitative estimate of drug-likeness (QED) is 0.199. The lowest BCUT2D eigenvalue weighted by Gasteiger charge is -2.05. The molecule has 0 atom stereocenters. The second kappa shape index (κ2) is 9.68. The van der Waals surface area contributed by atoms with Crippen LogP contribution < -0.4 is 10.1 Å². The number of amides is 1. The Morgan fingerprint density at radius 1 is 1.00 bits per heavy atom. The van der Waals surface area contributed by atoms with Crippen molar-refractivity contribution in [2.45, 2.75) is 0 Å². The van der Waals surface area contributed by atoms with Crippen molar-refractivity contribution in [3.63, 3.8) is 0 Å². The van der Waals surface area contributed by atoms with Crippen LogP contribution in [0.2, 0.25) is 0 Å². The monoisotopic (exact) mass is 455 g/mol. The van der Waals surface area contributed by atoms with E-state index in [1.807, 2.05) is 60.7 Å². The number of carbonyl (C=O) groups is 1. The zero-order valence-electron chi connectivity index (χ0n) is 17.1. The van der Waals surface area contributed by atoms with Crippen LogP contribution in [-0.2, 0) is 4.79 Å². The van der Waals surface area contributed by atoms with Crippen molar-refractivity contribution in [3.05, 3.63) is 89.3 Å². The number of aromatic nitrogens is 1. The molecule has 33 heavy (non-hydrogen) atoms. The van der Waals surface area contributed by atoms with Gasteiger partial charge in [-0.2, -0.15) is 5.26 Å². The normalized spacial score (nSPS) is 10.9. The number of nitrogens with one attached hydrogen (secondary N) is 1. The summed E-state index contributed by atoms with van der Waals surface area (Å²) in [5, 5.41) is 33.1. The number of para-hydroxylation sites is 1. The molecule has 3 aromatic carbocycles. The number of phenols is 2. The van der Waals surface area contributed by atoms with Gasteiger partial charge in [-0.25, -0.2) is 4.98 Å². The minimum atomic E-state index is -0.627. The van der Waals surface area contributed by atoms with E-state index in [1.54, 1.807) is 5.38 Å². The van der Waals surface area contributed by atoms with Gasteiger partial charge in [-0.15, -0.1) is 11.3 Å². The van der Waals surface area contributed by atoms with E-state index in [1.165, 1.54) is 35.6 Å². The van der Waals surface area contributed by atoms with E-state index in [-0.39, 0.29) is 17.1 Å². The summed E-state index contributed by atoms with van der Waals surface area (Å²) in [6, 6.07) is 22.7. The Kier molecular flexibility index (Phi) is 6.34. The lowest BCUT2D eigenvalue weighted by Crippen LogP contribution is -2.13. The molecule has 0 bridgehead atoms. The van der Waals surface area contributed by atoms with Crippen LogP contribution in [0, 0.1) is 11.3 Å².